The van der Waals surface area contributed by atoms with E-state index < -0.39 is 17.1 Å². The molecule has 19 heavy (non-hydrogen) atoms. The first-order valence-corrected chi connectivity index (χ1v) is 5.93. The van der Waals surface area contributed by atoms with Crippen molar-refractivity contribution >= 4 is 6.20 Å². The van der Waals surface area contributed by atoms with Gasteiger partial charge in [-0.2, -0.15) is 0 Å². The van der Waals surface area contributed by atoms with Crippen LogP contribution in [-0.4, -0.2) is 39.1 Å². The van der Waals surface area contributed by atoms with Gasteiger partial charge in [-0.1, -0.05) is 6.58 Å². The normalized spacial score (nSPS) is 24.2. The standard InChI is InChI=1S/C11H13N3O5/c1-2-12-9(15)13(3-7-5-18-7)11(17)14(10(12)16)4-8-6-19-8/h2,7-8H,1,3-6H2. The number of epoxide rings is 2. The first-order valence-electron chi connectivity index (χ1n) is 5.93. The van der Waals surface area contributed by atoms with Crippen LogP contribution in [0.2, 0.25) is 0 Å². The molecule has 8 heteroatoms. The fraction of sp³-hybridized carbons (Fsp3) is 0.545. The predicted octanol–water partition coefficient (Wildman–Crippen LogP) is -1.93. The van der Waals surface area contributed by atoms with Crippen LogP contribution in [0.1, 0.15) is 0 Å². The zero-order chi connectivity index (χ0) is 13.6. The van der Waals surface area contributed by atoms with E-state index >= 15 is 0 Å². The molecular weight excluding hydrogens is 254 g/mol. The third-order valence-corrected chi connectivity index (χ3v) is 3.10. The van der Waals surface area contributed by atoms with Crippen LogP contribution in [-0.2, 0) is 22.6 Å². The van der Waals surface area contributed by atoms with Crippen LogP contribution in [0.5, 0.6) is 0 Å². The summed E-state index contributed by atoms with van der Waals surface area (Å²) in [5.41, 5.74) is -2.00. The minimum atomic E-state index is -0.687. The van der Waals surface area contributed by atoms with Gasteiger partial charge in [-0.05, 0) is 0 Å². The van der Waals surface area contributed by atoms with Gasteiger partial charge in [0.25, 0.3) is 0 Å². The molecule has 1 aromatic heterocycles. The van der Waals surface area contributed by atoms with Crippen LogP contribution >= 0.6 is 0 Å². The lowest BCUT2D eigenvalue weighted by Gasteiger charge is -2.10. The summed E-state index contributed by atoms with van der Waals surface area (Å²) in [5.74, 6) is 0. The highest BCUT2D eigenvalue weighted by Crippen LogP contribution is 2.10. The largest absolute Gasteiger partial charge is 0.371 e. The van der Waals surface area contributed by atoms with Crippen molar-refractivity contribution in [3.63, 3.8) is 0 Å². The molecule has 0 spiro atoms. The molecule has 2 saturated heterocycles. The van der Waals surface area contributed by atoms with E-state index in [1.54, 1.807) is 0 Å². The van der Waals surface area contributed by atoms with E-state index in [9.17, 15) is 14.4 Å². The molecule has 0 aromatic carbocycles. The minimum Gasteiger partial charge on any atom is -0.371 e. The van der Waals surface area contributed by atoms with E-state index in [2.05, 4.69) is 6.58 Å². The SMILES string of the molecule is C=Cn1c(=O)n(CC2CO2)c(=O)n(CC2CO2)c1=O. The van der Waals surface area contributed by atoms with E-state index in [1.165, 1.54) is 0 Å². The van der Waals surface area contributed by atoms with Crippen molar-refractivity contribution in [2.24, 2.45) is 0 Å². The van der Waals surface area contributed by atoms with Crippen LogP contribution in [0.4, 0.5) is 0 Å². The Morgan fingerprint density at radius 2 is 1.42 bits per heavy atom. The summed E-state index contributed by atoms with van der Waals surface area (Å²) in [6, 6.07) is 0. The summed E-state index contributed by atoms with van der Waals surface area (Å²) in [4.78, 5) is 36.2. The Labute approximate surface area is 107 Å². The summed E-state index contributed by atoms with van der Waals surface area (Å²) < 4.78 is 12.9. The maximum absolute atomic E-state index is 12.2. The third-order valence-electron chi connectivity index (χ3n) is 3.10. The number of aromatic nitrogens is 3. The molecule has 0 radical (unpaired) electrons. The Morgan fingerprint density at radius 1 is 1.00 bits per heavy atom. The molecular formula is C11H13N3O5. The molecule has 0 saturated carbocycles. The van der Waals surface area contributed by atoms with Gasteiger partial charge >= 0.3 is 17.1 Å². The number of rotatable bonds is 5. The molecule has 2 atom stereocenters. The summed E-state index contributed by atoms with van der Waals surface area (Å²) in [6.45, 7) is 4.76. The van der Waals surface area contributed by atoms with Gasteiger partial charge < -0.3 is 9.47 Å². The molecule has 1 aromatic rings. The van der Waals surface area contributed by atoms with Gasteiger partial charge in [-0.3, -0.25) is 0 Å². The number of nitrogens with zero attached hydrogens (tertiary/aromatic N) is 3. The van der Waals surface area contributed by atoms with E-state index in [4.69, 9.17) is 9.47 Å². The Bertz CT molecular complexity index is 638. The van der Waals surface area contributed by atoms with Crippen molar-refractivity contribution in [2.75, 3.05) is 13.2 Å². The van der Waals surface area contributed by atoms with Gasteiger partial charge in [0.2, 0.25) is 0 Å². The van der Waals surface area contributed by atoms with Gasteiger partial charge in [0.05, 0.1) is 38.5 Å². The maximum Gasteiger partial charge on any atom is 0.340 e. The average molecular weight is 267 g/mol. The highest BCUT2D eigenvalue weighted by molar-refractivity contribution is 5.14. The van der Waals surface area contributed by atoms with Gasteiger partial charge in [-0.25, -0.2) is 28.1 Å². The minimum absolute atomic E-state index is 0.133. The van der Waals surface area contributed by atoms with Gasteiger partial charge in [0, 0.05) is 6.20 Å². The van der Waals surface area contributed by atoms with E-state index in [0.717, 1.165) is 19.9 Å². The molecule has 0 N–H and O–H groups in total. The topological polar surface area (TPSA) is 91.1 Å². The quantitative estimate of drug-likeness (QED) is 0.579. The van der Waals surface area contributed by atoms with Gasteiger partial charge in [-0.15, -0.1) is 0 Å². The predicted molar refractivity (Wildman–Crippen MR) is 65.1 cm³/mol. The highest BCUT2D eigenvalue weighted by Gasteiger charge is 2.29. The second kappa shape index (κ2) is 4.32. The van der Waals surface area contributed by atoms with Crippen LogP contribution in [0.15, 0.2) is 21.0 Å². The summed E-state index contributed by atoms with van der Waals surface area (Å²) in [5, 5.41) is 0. The van der Waals surface area contributed by atoms with Crippen molar-refractivity contribution in [2.45, 2.75) is 25.3 Å². The Kier molecular flexibility index (Phi) is 2.76. The molecule has 3 heterocycles. The molecule has 2 aliphatic rings. The Morgan fingerprint density at radius 3 is 1.74 bits per heavy atom. The van der Waals surface area contributed by atoms with Crippen LogP contribution < -0.4 is 17.1 Å². The molecule has 8 nitrogen and oxygen atoms in total. The second-order valence-corrected chi connectivity index (χ2v) is 4.53. The molecule has 0 aliphatic carbocycles. The van der Waals surface area contributed by atoms with E-state index in [1.807, 2.05) is 0 Å². The van der Waals surface area contributed by atoms with Crippen LogP contribution in [0.25, 0.3) is 6.20 Å². The van der Waals surface area contributed by atoms with Gasteiger partial charge in [0.15, 0.2) is 0 Å². The van der Waals surface area contributed by atoms with E-state index in [-0.39, 0.29) is 25.3 Å². The zero-order valence-electron chi connectivity index (χ0n) is 10.2. The lowest BCUT2D eigenvalue weighted by Crippen LogP contribution is -2.54. The molecule has 102 valence electrons. The van der Waals surface area contributed by atoms with Crippen molar-refractivity contribution in [3.05, 3.63) is 38.0 Å². The van der Waals surface area contributed by atoms with E-state index in [0.29, 0.717) is 13.2 Å². The molecule has 0 bridgehead atoms. The van der Waals surface area contributed by atoms with Crippen LogP contribution in [0.3, 0.4) is 0 Å². The lowest BCUT2D eigenvalue weighted by atomic mass is 10.4. The Hall–Kier alpha value is -1.93. The van der Waals surface area contributed by atoms with Gasteiger partial charge in [0.1, 0.15) is 0 Å². The fourth-order valence-electron chi connectivity index (χ4n) is 1.87. The first-order chi connectivity index (χ1) is 9.11. The number of hydrogen-bond donors (Lipinski definition) is 0. The van der Waals surface area contributed by atoms with Crippen molar-refractivity contribution in [3.8, 4) is 0 Å². The first kappa shape index (κ1) is 12.1. The monoisotopic (exact) mass is 267 g/mol. The van der Waals surface area contributed by atoms with Crippen molar-refractivity contribution in [1.29, 1.82) is 0 Å². The second-order valence-electron chi connectivity index (χ2n) is 4.53. The number of hydrogen-bond acceptors (Lipinski definition) is 5. The summed E-state index contributed by atoms with van der Waals surface area (Å²) >= 11 is 0. The fourth-order valence-corrected chi connectivity index (χ4v) is 1.87. The molecule has 0 amide bonds. The maximum atomic E-state index is 12.2. The highest BCUT2D eigenvalue weighted by atomic mass is 16.6. The van der Waals surface area contributed by atoms with Crippen molar-refractivity contribution in [1.82, 2.24) is 13.7 Å². The zero-order valence-corrected chi connectivity index (χ0v) is 10.2. The summed E-state index contributed by atoms with van der Waals surface area (Å²) in [6.07, 6.45) is 0.845. The smallest absolute Gasteiger partial charge is 0.340 e. The third kappa shape index (κ3) is 2.20. The lowest BCUT2D eigenvalue weighted by molar-refractivity contribution is 0.349. The molecule has 2 aliphatic heterocycles. The number of ether oxygens (including phenoxy) is 2. The average Bonchev–Trinajstić information content (AvgIpc) is 3.25. The van der Waals surface area contributed by atoms with Crippen molar-refractivity contribution < 1.29 is 9.47 Å². The molecule has 2 unspecified atom stereocenters. The Balaban J connectivity index is 2.16. The molecule has 2 fully saturated rings. The van der Waals surface area contributed by atoms with Crippen LogP contribution in [0, 0.1) is 0 Å². The summed E-state index contributed by atoms with van der Waals surface area (Å²) in [7, 11) is 0. The molecule has 3 rings (SSSR count).